The van der Waals surface area contributed by atoms with Crippen molar-refractivity contribution >= 4 is 15.9 Å². The fraction of sp³-hybridized carbons (Fsp3) is 0.400. The van der Waals surface area contributed by atoms with Gasteiger partial charge >= 0.3 is 0 Å². The van der Waals surface area contributed by atoms with Crippen molar-refractivity contribution in [2.75, 3.05) is 6.54 Å². The molecule has 2 rings (SSSR count). The molecule has 2 aromatic rings. The van der Waals surface area contributed by atoms with E-state index in [1.807, 2.05) is 16.9 Å². The molecule has 0 saturated heterocycles. The molecule has 1 N–H and O–H groups in total. The van der Waals surface area contributed by atoms with E-state index >= 15 is 0 Å². The molecular weight excluding hydrogens is 302 g/mol. The smallest absolute Gasteiger partial charge is 0.0608 e. The van der Waals surface area contributed by atoms with Gasteiger partial charge in [0.2, 0.25) is 0 Å². The van der Waals surface area contributed by atoms with Gasteiger partial charge < -0.3 is 5.32 Å². The number of halogens is 1. The third-order valence-electron chi connectivity index (χ3n) is 3.03. The van der Waals surface area contributed by atoms with Crippen LogP contribution < -0.4 is 5.32 Å². The summed E-state index contributed by atoms with van der Waals surface area (Å²) in [6, 6.07) is 8.63. The van der Waals surface area contributed by atoms with Crippen LogP contribution in [0, 0.1) is 0 Å². The van der Waals surface area contributed by atoms with Crippen LogP contribution in [-0.4, -0.2) is 16.3 Å². The maximum Gasteiger partial charge on any atom is 0.0608 e. The molecule has 3 nitrogen and oxygen atoms in total. The zero-order chi connectivity index (χ0) is 13.7. The van der Waals surface area contributed by atoms with Crippen molar-refractivity contribution in [2.24, 2.45) is 0 Å². The molecule has 0 radical (unpaired) electrons. The third-order valence-corrected chi connectivity index (χ3v) is 3.52. The van der Waals surface area contributed by atoms with Crippen LogP contribution in [0.2, 0.25) is 0 Å². The molecule has 0 saturated carbocycles. The lowest BCUT2D eigenvalue weighted by atomic mass is 10.0. The van der Waals surface area contributed by atoms with Crippen LogP contribution in [0.5, 0.6) is 0 Å². The molecule has 0 amide bonds. The van der Waals surface area contributed by atoms with Crippen molar-refractivity contribution in [3.05, 3.63) is 52.3 Å². The number of nitrogens with zero attached hydrogens (tertiary/aromatic N) is 2. The van der Waals surface area contributed by atoms with Gasteiger partial charge in [-0.15, -0.1) is 0 Å². The average molecular weight is 322 g/mol. The normalized spacial score (nSPS) is 12.6. The van der Waals surface area contributed by atoms with E-state index in [0.717, 1.165) is 24.0 Å². The van der Waals surface area contributed by atoms with Gasteiger partial charge in [0.25, 0.3) is 0 Å². The highest BCUT2D eigenvalue weighted by Crippen LogP contribution is 2.24. The number of aromatic nitrogens is 2. The van der Waals surface area contributed by atoms with E-state index in [-0.39, 0.29) is 6.04 Å². The van der Waals surface area contributed by atoms with Crippen molar-refractivity contribution in [1.82, 2.24) is 15.1 Å². The predicted molar refractivity (Wildman–Crippen MR) is 82.2 cm³/mol. The van der Waals surface area contributed by atoms with E-state index in [1.54, 1.807) is 0 Å². The SMILES string of the molecule is CCCn1cc(C(NCC)c2cccc(Br)c2)cn1. The van der Waals surface area contributed by atoms with Crippen molar-refractivity contribution in [2.45, 2.75) is 32.9 Å². The Morgan fingerprint density at radius 1 is 1.32 bits per heavy atom. The van der Waals surface area contributed by atoms with Gasteiger partial charge in [-0.1, -0.05) is 41.9 Å². The van der Waals surface area contributed by atoms with Crippen LogP contribution in [0.1, 0.15) is 37.4 Å². The van der Waals surface area contributed by atoms with Crippen LogP contribution in [0.4, 0.5) is 0 Å². The van der Waals surface area contributed by atoms with Gasteiger partial charge in [0, 0.05) is 22.8 Å². The topological polar surface area (TPSA) is 29.9 Å². The molecule has 0 bridgehead atoms. The van der Waals surface area contributed by atoms with Crippen LogP contribution in [0.25, 0.3) is 0 Å². The van der Waals surface area contributed by atoms with Gasteiger partial charge in [0.1, 0.15) is 0 Å². The predicted octanol–water partition coefficient (Wildman–Crippen LogP) is 3.75. The Labute approximate surface area is 123 Å². The van der Waals surface area contributed by atoms with Crippen LogP contribution in [-0.2, 0) is 6.54 Å². The Balaban J connectivity index is 2.28. The molecule has 1 heterocycles. The summed E-state index contributed by atoms with van der Waals surface area (Å²) in [5.74, 6) is 0. The summed E-state index contributed by atoms with van der Waals surface area (Å²) in [7, 11) is 0. The second-order valence-corrected chi connectivity index (χ2v) is 5.50. The average Bonchev–Trinajstić information content (AvgIpc) is 2.85. The summed E-state index contributed by atoms with van der Waals surface area (Å²) >= 11 is 3.54. The van der Waals surface area contributed by atoms with E-state index in [1.165, 1.54) is 11.1 Å². The molecule has 0 aliphatic rings. The number of hydrogen-bond donors (Lipinski definition) is 1. The maximum absolute atomic E-state index is 4.42. The van der Waals surface area contributed by atoms with Crippen LogP contribution in [0.3, 0.4) is 0 Å². The summed E-state index contributed by atoms with van der Waals surface area (Å²) in [4.78, 5) is 0. The van der Waals surface area contributed by atoms with Crippen molar-refractivity contribution < 1.29 is 0 Å². The van der Waals surface area contributed by atoms with Gasteiger partial charge in [0.15, 0.2) is 0 Å². The van der Waals surface area contributed by atoms with Crippen molar-refractivity contribution in [1.29, 1.82) is 0 Å². The molecule has 102 valence electrons. The molecule has 1 unspecified atom stereocenters. The lowest BCUT2D eigenvalue weighted by Gasteiger charge is -2.17. The van der Waals surface area contributed by atoms with E-state index < -0.39 is 0 Å². The number of nitrogens with one attached hydrogen (secondary N) is 1. The minimum atomic E-state index is 0.202. The lowest BCUT2D eigenvalue weighted by molar-refractivity contribution is 0.597. The van der Waals surface area contributed by atoms with E-state index in [2.05, 4.69) is 64.6 Å². The molecule has 1 atom stereocenters. The summed E-state index contributed by atoms with van der Waals surface area (Å²) in [5, 5.41) is 7.95. The summed E-state index contributed by atoms with van der Waals surface area (Å²) < 4.78 is 3.12. The number of benzene rings is 1. The van der Waals surface area contributed by atoms with Crippen LogP contribution >= 0.6 is 15.9 Å². The number of hydrogen-bond acceptors (Lipinski definition) is 2. The van der Waals surface area contributed by atoms with Crippen molar-refractivity contribution in [3.8, 4) is 0 Å². The minimum Gasteiger partial charge on any atom is -0.306 e. The Morgan fingerprint density at radius 3 is 2.84 bits per heavy atom. The van der Waals surface area contributed by atoms with E-state index in [9.17, 15) is 0 Å². The standard InChI is InChI=1S/C15H20BrN3/c1-3-8-19-11-13(10-18-19)15(17-4-2)12-6-5-7-14(16)9-12/h5-7,9-11,15,17H,3-4,8H2,1-2H3. The minimum absolute atomic E-state index is 0.202. The quantitative estimate of drug-likeness (QED) is 0.878. The van der Waals surface area contributed by atoms with E-state index in [0.29, 0.717) is 0 Å². The van der Waals surface area contributed by atoms with Gasteiger partial charge in [-0.05, 0) is 30.7 Å². The highest BCUT2D eigenvalue weighted by molar-refractivity contribution is 9.10. The fourth-order valence-electron chi connectivity index (χ4n) is 2.20. The third kappa shape index (κ3) is 3.67. The fourth-order valence-corrected chi connectivity index (χ4v) is 2.62. The highest BCUT2D eigenvalue weighted by Gasteiger charge is 2.15. The second kappa shape index (κ2) is 6.87. The highest BCUT2D eigenvalue weighted by atomic mass is 79.9. The first-order valence-corrected chi connectivity index (χ1v) is 7.55. The molecule has 0 spiro atoms. The zero-order valence-electron chi connectivity index (χ0n) is 11.4. The Hall–Kier alpha value is -1.13. The molecule has 4 heteroatoms. The Morgan fingerprint density at radius 2 is 2.16 bits per heavy atom. The molecular formula is C15H20BrN3. The second-order valence-electron chi connectivity index (χ2n) is 4.58. The number of aryl methyl sites for hydroxylation is 1. The Bertz CT molecular complexity index is 522. The number of rotatable bonds is 6. The van der Waals surface area contributed by atoms with Crippen LogP contribution in [0.15, 0.2) is 41.1 Å². The monoisotopic (exact) mass is 321 g/mol. The van der Waals surface area contributed by atoms with Gasteiger partial charge in [-0.3, -0.25) is 4.68 Å². The van der Waals surface area contributed by atoms with E-state index in [4.69, 9.17) is 0 Å². The molecule has 1 aromatic carbocycles. The van der Waals surface area contributed by atoms with Gasteiger partial charge in [0.05, 0.1) is 12.2 Å². The van der Waals surface area contributed by atoms with Gasteiger partial charge in [-0.2, -0.15) is 5.10 Å². The molecule has 1 aromatic heterocycles. The zero-order valence-corrected chi connectivity index (χ0v) is 13.0. The Kier molecular flexibility index (Phi) is 5.16. The summed E-state index contributed by atoms with van der Waals surface area (Å²) in [6.07, 6.45) is 5.20. The summed E-state index contributed by atoms with van der Waals surface area (Å²) in [5.41, 5.74) is 2.47. The lowest BCUT2D eigenvalue weighted by Crippen LogP contribution is -2.21. The molecule has 0 aliphatic carbocycles. The first-order chi connectivity index (χ1) is 9.24. The maximum atomic E-state index is 4.42. The molecule has 19 heavy (non-hydrogen) atoms. The first kappa shape index (κ1) is 14.3. The van der Waals surface area contributed by atoms with Crippen molar-refractivity contribution in [3.63, 3.8) is 0 Å². The summed E-state index contributed by atoms with van der Waals surface area (Å²) in [6.45, 7) is 6.19. The first-order valence-electron chi connectivity index (χ1n) is 6.75. The molecule has 0 fully saturated rings. The van der Waals surface area contributed by atoms with Gasteiger partial charge in [-0.25, -0.2) is 0 Å². The molecule has 0 aliphatic heterocycles. The largest absolute Gasteiger partial charge is 0.306 e.